The minimum atomic E-state index is -0.0383. The summed E-state index contributed by atoms with van der Waals surface area (Å²) < 4.78 is 5.78. The van der Waals surface area contributed by atoms with Gasteiger partial charge in [0, 0.05) is 31.1 Å². The minimum absolute atomic E-state index is 0.0383. The molecule has 2 aromatic carbocycles. The molecule has 1 N–H and O–H groups in total. The third-order valence-corrected chi connectivity index (χ3v) is 6.08. The van der Waals surface area contributed by atoms with Crippen LogP contribution in [0.3, 0.4) is 0 Å². The van der Waals surface area contributed by atoms with Gasteiger partial charge in [0.15, 0.2) is 0 Å². The van der Waals surface area contributed by atoms with Gasteiger partial charge in [0.2, 0.25) is 5.91 Å². The largest absolute Gasteiger partial charge is 0.493 e. The maximum Gasteiger partial charge on any atom is 0.251 e. The summed E-state index contributed by atoms with van der Waals surface area (Å²) in [5.74, 6) is 1.01. The fourth-order valence-electron chi connectivity index (χ4n) is 3.95. The van der Waals surface area contributed by atoms with Gasteiger partial charge in [0.25, 0.3) is 5.91 Å². The lowest BCUT2D eigenvalue weighted by Gasteiger charge is -2.32. The fourth-order valence-corrected chi connectivity index (χ4v) is 3.95. The lowest BCUT2D eigenvalue weighted by molar-refractivity contribution is -0.132. The third-order valence-electron chi connectivity index (χ3n) is 6.08. The Hall–Kier alpha value is -2.82. The highest BCUT2D eigenvalue weighted by molar-refractivity contribution is 5.94. The van der Waals surface area contributed by atoms with E-state index in [0.717, 1.165) is 24.2 Å². The molecular weight excluding hydrogens is 400 g/mol. The molecule has 0 aliphatic carbocycles. The molecule has 1 fully saturated rings. The smallest absolute Gasteiger partial charge is 0.251 e. The van der Waals surface area contributed by atoms with Crippen LogP contribution in [0, 0.1) is 6.92 Å². The van der Waals surface area contributed by atoms with Gasteiger partial charge in [-0.05, 0) is 60.9 Å². The number of rotatable bonds is 7. The van der Waals surface area contributed by atoms with Crippen LogP contribution < -0.4 is 10.1 Å². The second-order valence-electron chi connectivity index (χ2n) is 9.67. The number of amides is 2. The molecule has 32 heavy (non-hydrogen) atoms. The summed E-state index contributed by atoms with van der Waals surface area (Å²) in [4.78, 5) is 27.0. The summed E-state index contributed by atoms with van der Waals surface area (Å²) >= 11 is 0. The van der Waals surface area contributed by atoms with Crippen LogP contribution in [0.2, 0.25) is 0 Å². The molecule has 0 bridgehead atoms. The molecule has 0 aromatic heterocycles. The van der Waals surface area contributed by atoms with Gasteiger partial charge in [0.05, 0.1) is 6.61 Å². The standard InChI is InChI=1S/C27H36N2O3/c1-20-8-5-6-9-24(20)32-19-7-10-25(30)29-17-15-23(16-18-29)28-26(31)21-11-13-22(14-12-21)27(2,3)4/h5-6,8-9,11-14,23H,7,10,15-19H2,1-4H3,(H,28,31). The van der Waals surface area contributed by atoms with E-state index in [1.807, 2.05) is 60.4 Å². The number of carbonyl (C=O) groups is 2. The van der Waals surface area contributed by atoms with Gasteiger partial charge in [-0.3, -0.25) is 9.59 Å². The number of hydrogen-bond acceptors (Lipinski definition) is 3. The van der Waals surface area contributed by atoms with Crippen LogP contribution in [0.15, 0.2) is 48.5 Å². The third kappa shape index (κ3) is 6.59. The van der Waals surface area contributed by atoms with Crippen LogP contribution >= 0.6 is 0 Å². The molecule has 0 atom stereocenters. The van der Waals surface area contributed by atoms with Crippen LogP contribution in [-0.4, -0.2) is 42.5 Å². The highest BCUT2D eigenvalue weighted by atomic mass is 16.5. The summed E-state index contributed by atoms with van der Waals surface area (Å²) in [7, 11) is 0. The average Bonchev–Trinajstić information content (AvgIpc) is 2.77. The molecule has 2 aromatic rings. The van der Waals surface area contributed by atoms with Crippen molar-refractivity contribution in [1.82, 2.24) is 10.2 Å². The molecule has 5 heteroatoms. The van der Waals surface area contributed by atoms with E-state index < -0.39 is 0 Å². The molecule has 172 valence electrons. The Morgan fingerprint density at radius 2 is 1.69 bits per heavy atom. The van der Waals surface area contributed by atoms with Gasteiger partial charge in [-0.2, -0.15) is 0 Å². The lowest BCUT2D eigenvalue weighted by atomic mass is 9.86. The number of nitrogens with zero attached hydrogens (tertiary/aromatic N) is 1. The SMILES string of the molecule is Cc1ccccc1OCCCC(=O)N1CCC(NC(=O)c2ccc(C(C)(C)C)cc2)CC1. The normalized spacial score (nSPS) is 14.8. The monoisotopic (exact) mass is 436 g/mol. The molecule has 1 aliphatic rings. The number of para-hydroxylation sites is 1. The number of nitrogens with one attached hydrogen (secondary N) is 1. The van der Waals surface area contributed by atoms with Crippen LogP contribution in [0.5, 0.6) is 5.75 Å². The van der Waals surface area contributed by atoms with Crippen molar-refractivity contribution >= 4 is 11.8 Å². The molecule has 1 saturated heterocycles. The quantitative estimate of drug-likeness (QED) is 0.630. The van der Waals surface area contributed by atoms with E-state index in [0.29, 0.717) is 38.1 Å². The highest BCUT2D eigenvalue weighted by Crippen LogP contribution is 2.22. The van der Waals surface area contributed by atoms with E-state index in [9.17, 15) is 9.59 Å². The molecule has 5 nitrogen and oxygen atoms in total. The van der Waals surface area contributed by atoms with Crippen molar-refractivity contribution in [3.8, 4) is 5.75 Å². The summed E-state index contributed by atoms with van der Waals surface area (Å²) in [5, 5.41) is 3.13. The Bertz CT molecular complexity index is 907. The van der Waals surface area contributed by atoms with Crippen molar-refractivity contribution < 1.29 is 14.3 Å². The van der Waals surface area contributed by atoms with Gasteiger partial charge in [-0.15, -0.1) is 0 Å². The molecule has 2 amide bonds. The zero-order valence-corrected chi connectivity index (χ0v) is 19.8. The number of aryl methyl sites for hydroxylation is 1. The van der Waals surface area contributed by atoms with Crippen molar-refractivity contribution in [3.05, 3.63) is 65.2 Å². The lowest BCUT2D eigenvalue weighted by Crippen LogP contribution is -2.46. The zero-order valence-electron chi connectivity index (χ0n) is 19.8. The van der Waals surface area contributed by atoms with E-state index in [-0.39, 0.29) is 23.3 Å². The van der Waals surface area contributed by atoms with Crippen molar-refractivity contribution in [2.75, 3.05) is 19.7 Å². The zero-order chi connectivity index (χ0) is 23.1. The predicted molar refractivity (Wildman–Crippen MR) is 128 cm³/mol. The van der Waals surface area contributed by atoms with Crippen molar-refractivity contribution in [1.29, 1.82) is 0 Å². The predicted octanol–water partition coefficient (Wildman–Crippen LogP) is 4.87. The molecule has 0 spiro atoms. The number of hydrogen-bond donors (Lipinski definition) is 1. The second kappa shape index (κ2) is 10.7. The Morgan fingerprint density at radius 3 is 2.31 bits per heavy atom. The van der Waals surface area contributed by atoms with E-state index in [1.54, 1.807) is 0 Å². The summed E-state index contributed by atoms with van der Waals surface area (Å²) in [6.45, 7) is 10.4. The summed E-state index contributed by atoms with van der Waals surface area (Å²) in [6, 6.07) is 15.9. The number of carbonyl (C=O) groups excluding carboxylic acids is 2. The van der Waals surface area contributed by atoms with Gasteiger partial charge in [-0.1, -0.05) is 51.1 Å². The number of benzene rings is 2. The minimum Gasteiger partial charge on any atom is -0.493 e. The second-order valence-corrected chi connectivity index (χ2v) is 9.67. The molecule has 0 radical (unpaired) electrons. The maximum absolute atomic E-state index is 12.6. The van der Waals surface area contributed by atoms with Crippen molar-refractivity contribution in [3.63, 3.8) is 0 Å². The first-order valence-electron chi connectivity index (χ1n) is 11.6. The fraction of sp³-hybridized carbons (Fsp3) is 0.481. The maximum atomic E-state index is 12.6. The van der Waals surface area contributed by atoms with Crippen molar-refractivity contribution in [2.45, 2.75) is 64.8 Å². The van der Waals surface area contributed by atoms with Gasteiger partial charge in [-0.25, -0.2) is 0 Å². The molecule has 3 rings (SSSR count). The first kappa shape index (κ1) is 23.8. The Morgan fingerprint density at radius 1 is 1.03 bits per heavy atom. The van der Waals surface area contributed by atoms with E-state index >= 15 is 0 Å². The van der Waals surface area contributed by atoms with Crippen LogP contribution in [0.1, 0.15) is 67.9 Å². The molecule has 0 unspecified atom stereocenters. The molecule has 0 saturated carbocycles. The highest BCUT2D eigenvalue weighted by Gasteiger charge is 2.24. The first-order valence-corrected chi connectivity index (χ1v) is 11.6. The number of ether oxygens (including phenoxy) is 1. The van der Waals surface area contributed by atoms with E-state index in [1.165, 1.54) is 5.56 Å². The Balaban J connectivity index is 1.37. The van der Waals surface area contributed by atoms with Crippen molar-refractivity contribution in [2.24, 2.45) is 0 Å². The topological polar surface area (TPSA) is 58.6 Å². The van der Waals surface area contributed by atoms with Crippen LogP contribution in [-0.2, 0) is 10.2 Å². The van der Waals surface area contributed by atoms with Gasteiger partial charge >= 0.3 is 0 Å². The van der Waals surface area contributed by atoms with E-state index in [4.69, 9.17) is 4.74 Å². The Kier molecular flexibility index (Phi) is 7.94. The van der Waals surface area contributed by atoms with Crippen LogP contribution in [0.4, 0.5) is 0 Å². The summed E-state index contributed by atoms with van der Waals surface area (Å²) in [5.41, 5.74) is 3.07. The van der Waals surface area contributed by atoms with E-state index in [2.05, 4.69) is 26.1 Å². The molecule has 1 aliphatic heterocycles. The van der Waals surface area contributed by atoms with Crippen LogP contribution in [0.25, 0.3) is 0 Å². The average molecular weight is 437 g/mol. The molecular formula is C27H36N2O3. The molecule has 1 heterocycles. The van der Waals surface area contributed by atoms with Gasteiger partial charge < -0.3 is 15.0 Å². The van der Waals surface area contributed by atoms with Gasteiger partial charge in [0.1, 0.15) is 5.75 Å². The first-order chi connectivity index (χ1) is 15.2. The number of likely N-dealkylation sites (tertiary alicyclic amines) is 1. The summed E-state index contributed by atoms with van der Waals surface area (Å²) in [6.07, 6.45) is 2.77. The Labute approximate surface area is 192 Å². The number of piperidine rings is 1.